The quantitative estimate of drug-likeness (QED) is 0.630. The highest BCUT2D eigenvalue weighted by atomic mass is 16.5. The second-order valence-corrected chi connectivity index (χ2v) is 6.05. The van der Waals surface area contributed by atoms with Crippen molar-refractivity contribution in [3.05, 3.63) is 0 Å². The van der Waals surface area contributed by atoms with Crippen molar-refractivity contribution >= 4 is 0 Å². The maximum Gasteiger partial charge on any atom is 0.0632 e. The largest absolute Gasteiger partial charge is 0.376 e. The van der Waals surface area contributed by atoms with Crippen molar-refractivity contribution in [1.82, 2.24) is 4.90 Å². The molecule has 0 aromatic heterocycles. The van der Waals surface area contributed by atoms with E-state index in [-0.39, 0.29) is 5.60 Å². The molecule has 2 heteroatoms. The summed E-state index contributed by atoms with van der Waals surface area (Å²) in [7, 11) is 0. The predicted molar refractivity (Wildman–Crippen MR) is 66.2 cm³/mol. The molecule has 2 nitrogen and oxygen atoms in total. The van der Waals surface area contributed by atoms with Gasteiger partial charge >= 0.3 is 0 Å². The third-order valence-electron chi connectivity index (χ3n) is 3.98. The molecule has 2 aliphatic heterocycles. The molecule has 0 aromatic rings. The Bertz CT molecular complexity index is 288. The molecule has 0 radical (unpaired) electrons. The van der Waals surface area contributed by atoms with Crippen LogP contribution in [0.15, 0.2) is 0 Å². The van der Waals surface area contributed by atoms with E-state index < -0.39 is 0 Å². The maximum absolute atomic E-state index is 5.83. The van der Waals surface area contributed by atoms with E-state index in [0.29, 0.717) is 5.41 Å². The van der Waals surface area contributed by atoms with Crippen molar-refractivity contribution in [2.75, 3.05) is 26.2 Å². The van der Waals surface area contributed by atoms with Gasteiger partial charge in [0.15, 0.2) is 0 Å². The highest BCUT2D eigenvalue weighted by molar-refractivity contribution is 4.97. The van der Waals surface area contributed by atoms with Gasteiger partial charge in [-0.15, -0.1) is 6.42 Å². The van der Waals surface area contributed by atoms with E-state index in [9.17, 15) is 0 Å². The summed E-state index contributed by atoms with van der Waals surface area (Å²) in [5, 5.41) is 0. The Morgan fingerprint density at radius 1 is 1.38 bits per heavy atom. The fourth-order valence-electron chi connectivity index (χ4n) is 3.51. The van der Waals surface area contributed by atoms with Crippen molar-refractivity contribution in [2.45, 2.75) is 45.1 Å². The number of hydrogen-bond acceptors (Lipinski definition) is 2. The zero-order valence-electron chi connectivity index (χ0n) is 10.6. The van der Waals surface area contributed by atoms with Gasteiger partial charge in [-0.05, 0) is 51.5 Å². The van der Waals surface area contributed by atoms with Gasteiger partial charge in [0.25, 0.3) is 0 Å². The summed E-state index contributed by atoms with van der Waals surface area (Å²) in [6.07, 6.45) is 10.4. The number of ether oxygens (including phenoxy) is 1. The number of hydrogen-bond donors (Lipinski definition) is 0. The lowest BCUT2D eigenvalue weighted by atomic mass is 9.69. The molecule has 0 aliphatic carbocycles. The molecule has 0 amide bonds. The van der Waals surface area contributed by atoms with Crippen molar-refractivity contribution in [3.8, 4) is 12.3 Å². The van der Waals surface area contributed by atoms with Crippen LogP contribution in [0.1, 0.15) is 39.5 Å². The molecule has 16 heavy (non-hydrogen) atoms. The minimum absolute atomic E-state index is 0.0530. The monoisotopic (exact) mass is 221 g/mol. The van der Waals surface area contributed by atoms with Crippen LogP contribution in [0.3, 0.4) is 0 Å². The van der Waals surface area contributed by atoms with Gasteiger partial charge in [-0.1, -0.05) is 5.92 Å². The van der Waals surface area contributed by atoms with Crippen LogP contribution in [-0.2, 0) is 4.74 Å². The van der Waals surface area contributed by atoms with Crippen LogP contribution in [-0.4, -0.2) is 36.7 Å². The van der Waals surface area contributed by atoms with Crippen LogP contribution in [0.4, 0.5) is 0 Å². The van der Waals surface area contributed by atoms with Crippen LogP contribution >= 0.6 is 0 Å². The smallest absolute Gasteiger partial charge is 0.0632 e. The minimum atomic E-state index is 0.0530. The molecule has 2 aliphatic rings. The lowest BCUT2D eigenvalue weighted by Crippen LogP contribution is -2.50. The molecule has 1 atom stereocenters. The summed E-state index contributed by atoms with van der Waals surface area (Å²) in [6, 6.07) is 0. The third kappa shape index (κ3) is 2.59. The zero-order chi connectivity index (χ0) is 11.6. The number of terminal acetylenes is 1. The highest BCUT2D eigenvalue weighted by Gasteiger charge is 2.42. The van der Waals surface area contributed by atoms with Gasteiger partial charge in [0, 0.05) is 13.2 Å². The van der Waals surface area contributed by atoms with Gasteiger partial charge in [-0.2, -0.15) is 0 Å². The third-order valence-corrected chi connectivity index (χ3v) is 3.98. The Morgan fingerprint density at radius 2 is 2.19 bits per heavy atom. The molecular weight excluding hydrogens is 198 g/mol. The van der Waals surface area contributed by atoms with E-state index in [1.54, 1.807) is 0 Å². The summed E-state index contributed by atoms with van der Waals surface area (Å²) in [5.41, 5.74) is 0.522. The van der Waals surface area contributed by atoms with Crippen molar-refractivity contribution in [3.63, 3.8) is 0 Å². The lowest BCUT2D eigenvalue weighted by molar-refractivity contribution is -0.121. The zero-order valence-corrected chi connectivity index (χ0v) is 10.6. The SMILES string of the molecule is C#CCN1CCC[C@@]2(CCOC(C)(C)C2)C1. The molecular formula is C14H23NO. The Kier molecular flexibility index (Phi) is 3.28. The second-order valence-electron chi connectivity index (χ2n) is 6.05. The molecule has 0 unspecified atom stereocenters. The topological polar surface area (TPSA) is 12.5 Å². The molecule has 2 saturated heterocycles. The van der Waals surface area contributed by atoms with Crippen LogP contribution < -0.4 is 0 Å². The minimum Gasteiger partial charge on any atom is -0.376 e. The number of piperidine rings is 1. The Labute approximate surface area is 99.3 Å². The van der Waals surface area contributed by atoms with Gasteiger partial charge in [-0.3, -0.25) is 4.90 Å². The van der Waals surface area contributed by atoms with Gasteiger partial charge < -0.3 is 4.74 Å². The molecule has 2 fully saturated rings. The molecule has 0 aromatic carbocycles. The van der Waals surface area contributed by atoms with Crippen LogP contribution in [0.2, 0.25) is 0 Å². The Morgan fingerprint density at radius 3 is 2.88 bits per heavy atom. The van der Waals surface area contributed by atoms with Crippen LogP contribution in [0.25, 0.3) is 0 Å². The van der Waals surface area contributed by atoms with Gasteiger partial charge in [0.05, 0.1) is 12.1 Å². The fraction of sp³-hybridized carbons (Fsp3) is 0.857. The molecule has 2 heterocycles. The molecule has 1 spiro atoms. The number of nitrogens with zero attached hydrogens (tertiary/aromatic N) is 1. The average molecular weight is 221 g/mol. The Hall–Kier alpha value is -0.520. The molecule has 2 rings (SSSR count). The summed E-state index contributed by atoms with van der Waals surface area (Å²) in [5.74, 6) is 2.77. The number of rotatable bonds is 1. The van der Waals surface area contributed by atoms with E-state index in [1.165, 1.54) is 38.8 Å². The molecule has 90 valence electrons. The van der Waals surface area contributed by atoms with Crippen molar-refractivity contribution in [1.29, 1.82) is 0 Å². The highest BCUT2D eigenvalue weighted by Crippen LogP contribution is 2.44. The first-order valence-electron chi connectivity index (χ1n) is 6.35. The predicted octanol–water partition coefficient (Wildman–Crippen LogP) is 2.29. The average Bonchev–Trinajstić information content (AvgIpc) is 2.16. The van der Waals surface area contributed by atoms with Gasteiger partial charge in [0.2, 0.25) is 0 Å². The molecule has 0 bridgehead atoms. The summed E-state index contributed by atoms with van der Waals surface area (Å²) in [4.78, 5) is 2.44. The van der Waals surface area contributed by atoms with E-state index >= 15 is 0 Å². The van der Waals surface area contributed by atoms with E-state index in [1.807, 2.05) is 0 Å². The summed E-state index contributed by atoms with van der Waals surface area (Å²) in [6.45, 7) is 8.50. The van der Waals surface area contributed by atoms with Gasteiger partial charge in [-0.25, -0.2) is 0 Å². The second kappa shape index (κ2) is 4.39. The van der Waals surface area contributed by atoms with Gasteiger partial charge in [0.1, 0.15) is 0 Å². The van der Waals surface area contributed by atoms with E-state index in [2.05, 4.69) is 24.7 Å². The van der Waals surface area contributed by atoms with Crippen LogP contribution in [0, 0.1) is 17.8 Å². The summed E-state index contributed by atoms with van der Waals surface area (Å²) >= 11 is 0. The summed E-state index contributed by atoms with van der Waals surface area (Å²) < 4.78 is 5.83. The lowest BCUT2D eigenvalue weighted by Gasteiger charge is -2.49. The first kappa shape index (κ1) is 12.0. The normalized spacial score (nSPS) is 34.8. The van der Waals surface area contributed by atoms with Crippen molar-refractivity contribution < 1.29 is 4.74 Å². The molecule has 0 saturated carbocycles. The standard InChI is InChI=1S/C14H23NO/c1-4-8-15-9-5-6-14(12-15)7-10-16-13(2,3)11-14/h1H,5-12H2,2-3H3/t14-/m0/s1. The van der Waals surface area contributed by atoms with Crippen LogP contribution in [0.5, 0.6) is 0 Å². The van der Waals surface area contributed by atoms with Crippen molar-refractivity contribution in [2.24, 2.45) is 5.41 Å². The number of likely N-dealkylation sites (tertiary alicyclic amines) is 1. The maximum atomic E-state index is 5.83. The van der Waals surface area contributed by atoms with E-state index in [4.69, 9.17) is 11.2 Å². The first-order valence-corrected chi connectivity index (χ1v) is 6.35. The first-order chi connectivity index (χ1) is 7.55. The van der Waals surface area contributed by atoms with E-state index in [0.717, 1.165) is 13.2 Å². The molecule has 0 N–H and O–H groups in total. The fourth-order valence-corrected chi connectivity index (χ4v) is 3.51. The Balaban J connectivity index is 2.04.